The number of benzene rings is 1. The third-order valence-corrected chi connectivity index (χ3v) is 6.10. The second-order valence-electron chi connectivity index (χ2n) is 7.81. The molecule has 3 heterocycles. The molecule has 0 saturated carbocycles. The van der Waals surface area contributed by atoms with Crippen molar-refractivity contribution in [2.24, 2.45) is 5.92 Å². The lowest BCUT2D eigenvalue weighted by Crippen LogP contribution is -2.49. The van der Waals surface area contributed by atoms with Crippen LogP contribution in [0.4, 0.5) is 4.79 Å². The summed E-state index contributed by atoms with van der Waals surface area (Å²) < 4.78 is 5.82. The number of carbonyl (C=O) groups excluding carboxylic acids is 1. The van der Waals surface area contributed by atoms with E-state index in [1.54, 1.807) is 0 Å². The van der Waals surface area contributed by atoms with E-state index in [0.717, 1.165) is 38.8 Å². The first-order valence-electron chi connectivity index (χ1n) is 9.65. The Morgan fingerprint density at radius 1 is 1.24 bits per heavy atom. The van der Waals surface area contributed by atoms with Gasteiger partial charge in [-0.25, -0.2) is 4.79 Å². The number of amides is 2. The molecule has 1 aromatic rings. The second-order valence-corrected chi connectivity index (χ2v) is 7.81. The normalized spacial score (nSPS) is 34.8. The van der Waals surface area contributed by atoms with E-state index >= 15 is 0 Å². The predicted molar refractivity (Wildman–Crippen MR) is 97.4 cm³/mol. The molecular formula is C20H29N3O2. The first kappa shape index (κ1) is 16.9. The lowest BCUT2D eigenvalue weighted by atomic mass is 9.85. The Morgan fingerprint density at radius 3 is 2.80 bits per heavy atom. The molecule has 2 amide bonds. The molecule has 4 rings (SSSR count). The largest absolute Gasteiger partial charge is 0.373 e. The van der Waals surface area contributed by atoms with Crippen molar-refractivity contribution >= 4 is 6.03 Å². The van der Waals surface area contributed by atoms with Gasteiger partial charge in [0.05, 0.1) is 18.2 Å². The third kappa shape index (κ3) is 3.67. The first-order valence-corrected chi connectivity index (χ1v) is 9.65. The van der Waals surface area contributed by atoms with Gasteiger partial charge in [0, 0.05) is 12.6 Å². The summed E-state index contributed by atoms with van der Waals surface area (Å²) in [5, 5.41) is 6.25. The highest BCUT2D eigenvalue weighted by molar-refractivity contribution is 5.74. The van der Waals surface area contributed by atoms with Gasteiger partial charge in [-0.3, -0.25) is 4.90 Å². The summed E-state index contributed by atoms with van der Waals surface area (Å²) in [7, 11) is 2.19. The number of fused-ring (bicyclic) bond motifs is 2. The molecule has 0 radical (unpaired) electrons. The Hall–Kier alpha value is -1.59. The van der Waals surface area contributed by atoms with Crippen LogP contribution in [0.15, 0.2) is 30.3 Å². The fourth-order valence-electron chi connectivity index (χ4n) is 4.88. The van der Waals surface area contributed by atoms with E-state index in [2.05, 4.69) is 52.9 Å². The molecule has 2 N–H and O–H groups in total. The van der Waals surface area contributed by atoms with Crippen molar-refractivity contribution in [1.82, 2.24) is 15.5 Å². The van der Waals surface area contributed by atoms with Crippen molar-refractivity contribution in [2.45, 2.75) is 56.4 Å². The maximum atomic E-state index is 12.4. The van der Waals surface area contributed by atoms with Gasteiger partial charge in [-0.1, -0.05) is 30.3 Å². The van der Waals surface area contributed by atoms with E-state index in [4.69, 9.17) is 4.74 Å². The van der Waals surface area contributed by atoms with Crippen LogP contribution in [0.25, 0.3) is 0 Å². The maximum absolute atomic E-state index is 12.4. The number of rotatable bonds is 4. The average Bonchev–Trinajstić information content (AvgIpc) is 3.24. The molecule has 2 bridgehead atoms. The van der Waals surface area contributed by atoms with Crippen molar-refractivity contribution < 1.29 is 9.53 Å². The van der Waals surface area contributed by atoms with Gasteiger partial charge in [-0.15, -0.1) is 0 Å². The van der Waals surface area contributed by atoms with E-state index < -0.39 is 0 Å². The van der Waals surface area contributed by atoms with Crippen LogP contribution in [0.2, 0.25) is 0 Å². The van der Waals surface area contributed by atoms with Gasteiger partial charge in [0.15, 0.2) is 0 Å². The van der Waals surface area contributed by atoms with Crippen LogP contribution >= 0.6 is 0 Å². The minimum Gasteiger partial charge on any atom is -0.373 e. The zero-order valence-corrected chi connectivity index (χ0v) is 15.0. The Bertz CT molecular complexity index is 594. The molecule has 3 fully saturated rings. The van der Waals surface area contributed by atoms with E-state index in [-0.39, 0.29) is 18.2 Å². The molecule has 0 aliphatic carbocycles. The highest BCUT2D eigenvalue weighted by Crippen LogP contribution is 2.35. The molecule has 3 aliphatic rings. The van der Waals surface area contributed by atoms with Crippen LogP contribution in [0.3, 0.4) is 0 Å². The number of nitrogens with one attached hydrogen (secondary N) is 2. The van der Waals surface area contributed by atoms with Crippen LogP contribution in [0.5, 0.6) is 0 Å². The molecule has 3 saturated heterocycles. The number of carbonyl (C=O) groups is 1. The number of hydrogen-bond donors (Lipinski definition) is 2. The first-order chi connectivity index (χ1) is 12.2. The summed E-state index contributed by atoms with van der Waals surface area (Å²) in [5.41, 5.74) is 1.35. The summed E-state index contributed by atoms with van der Waals surface area (Å²) in [6, 6.07) is 11.2. The fraction of sp³-hybridized carbons (Fsp3) is 0.650. The summed E-state index contributed by atoms with van der Waals surface area (Å²) in [4.78, 5) is 14.8. The lowest BCUT2D eigenvalue weighted by molar-refractivity contribution is 0.0977. The maximum Gasteiger partial charge on any atom is 0.315 e. The SMILES string of the molecule is CN1CCC[C@H](CNC(=O)N[C@H]2C[C@H]3CC[C@H]2O3)[C@@H]1c1ccccc1. The van der Waals surface area contributed by atoms with Crippen molar-refractivity contribution in [3.05, 3.63) is 35.9 Å². The summed E-state index contributed by atoms with van der Waals surface area (Å²) in [5.74, 6) is 0.447. The van der Waals surface area contributed by atoms with Gasteiger partial charge in [0.2, 0.25) is 0 Å². The van der Waals surface area contributed by atoms with Gasteiger partial charge in [-0.2, -0.15) is 0 Å². The highest BCUT2D eigenvalue weighted by Gasteiger charge is 2.41. The van der Waals surface area contributed by atoms with Crippen molar-refractivity contribution in [2.75, 3.05) is 20.1 Å². The van der Waals surface area contributed by atoms with E-state index in [1.165, 1.54) is 12.0 Å². The topological polar surface area (TPSA) is 53.6 Å². The van der Waals surface area contributed by atoms with Crippen LogP contribution in [-0.4, -0.2) is 49.3 Å². The van der Waals surface area contributed by atoms with Crippen LogP contribution in [-0.2, 0) is 4.74 Å². The predicted octanol–water partition coefficient (Wildman–Crippen LogP) is 2.69. The van der Waals surface area contributed by atoms with Crippen LogP contribution in [0, 0.1) is 5.92 Å². The van der Waals surface area contributed by atoms with Crippen molar-refractivity contribution in [3.8, 4) is 0 Å². The van der Waals surface area contributed by atoms with E-state index in [9.17, 15) is 4.79 Å². The van der Waals surface area contributed by atoms with Crippen molar-refractivity contribution in [3.63, 3.8) is 0 Å². The Kier molecular flexibility index (Phi) is 4.95. The molecule has 5 atom stereocenters. The number of piperidine rings is 1. The lowest BCUT2D eigenvalue weighted by Gasteiger charge is -2.39. The van der Waals surface area contributed by atoms with Crippen LogP contribution in [0.1, 0.15) is 43.7 Å². The number of hydrogen-bond acceptors (Lipinski definition) is 3. The van der Waals surface area contributed by atoms with Crippen LogP contribution < -0.4 is 10.6 Å². The molecule has 1 aromatic carbocycles. The molecule has 0 aromatic heterocycles. The minimum atomic E-state index is -0.0406. The Labute approximate surface area is 150 Å². The number of urea groups is 1. The zero-order chi connectivity index (χ0) is 17.2. The van der Waals surface area contributed by atoms with Gasteiger partial charge in [0.1, 0.15) is 0 Å². The smallest absolute Gasteiger partial charge is 0.315 e. The highest BCUT2D eigenvalue weighted by atomic mass is 16.5. The van der Waals surface area contributed by atoms with Crippen molar-refractivity contribution in [1.29, 1.82) is 0 Å². The molecule has 136 valence electrons. The van der Waals surface area contributed by atoms with Gasteiger partial charge >= 0.3 is 6.03 Å². The monoisotopic (exact) mass is 343 g/mol. The number of ether oxygens (including phenoxy) is 1. The average molecular weight is 343 g/mol. The van der Waals surface area contributed by atoms with E-state index in [0.29, 0.717) is 18.1 Å². The summed E-state index contributed by atoms with van der Waals surface area (Å²) in [6.45, 7) is 1.84. The Morgan fingerprint density at radius 2 is 2.08 bits per heavy atom. The van der Waals surface area contributed by atoms with Gasteiger partial charge in [0.25, 0.3) is 0 Å². The standard InChI is InChI=1S/C20H29N3O2/c1-23-11-5-8-15(19(23)14-6-3-2-4-7-14)13-21-20(24)22-17-12-16-9-10-18(17)25-16/h2-4,6-7,15-19H,5,8-13H2,1H3,(H2,21,22,24)/t15-,16-,17+,18-,19+/m1/s1. The van der Waals surface area contributed by atoms with Gasteiger partial charge in [-0.05, 0) is 57.2 Å². The fourth-order valence-corrected chi connectivity index (χ4v) is 4.88. The minimum absolute atomic E-state index is 0.0406. The molecule has 5 nitrogen and oxygen atoms in total. The number of likely N-dealkylation sites (tertiary alicyclic amines) is 1. The Balaban J connectivity index is 1.33. The summed E-state index contributed by atoms with van der Waals surface area (Å²) >= 11 is 0. The van der Waals surface area contributed by atoms with Gasteiger partial charge < -0.3 is 15.4 Å². The summed E-state index contributed by atoms with van der Waals surface area (Å²) in [6.07, 6.45) is 6.14. The molecule has 25 heavy (non-hydrogen) atoms. The second kappa shape index (κ2) is 7.34. The third-order valence-electron chi connectivity index (χ3n) is 6.10. The van der Waals surface area contributed by atoms with E-state index in [1.807, 2.05) is 0 Å². The number of nitrogens with zero attached hydrogens (tertiary/aromatic N) is 1. The molecule has 0 spiro atoms. The molecule has 0 unspecified atom stereocenters. The molecule has 5 heteroatoms. The molecular weight excluding hydrogens is 314 g/mol. The quantitative estimate of drug-likeness (QED) is 0.884. The zero-order valence-electron chi connectivity index (χ0n) is 15.0. The molecule has 3 aliphatic heterocycles.